The maximum Gasteiger partial charge on any atom is 0.311 e. The molecule has 0 aromatic carbocycles. The summed E-state index contributed by atoms with van der Waals surface area (Å²) in [5, 5.41) is -4.92. The van der Waals surface area contributed by atoms with Crippen LogP contribution in [0.25, 0.3) is 0 Å². The fourth-order valence-corrected chi connectivity index (χ4v) is 5.30. The number of hydrogen-bond donors (Lipinski definition) is 0. The van der Waals surface area contributed by atoms with Crippen molar-refractivity contribution in [1.29, 1.82) is 0 Å². The molecule has 0 N–H and O–H groups in total. The number of carbonyl (C=O) groups excluding carboxylic acids is 3. The van der Waals surface area contributed by atoms with Crippen LogP contribution in [0.3, 0.4) is 0 Å². The van der Waals surface area contributed by atoms with Gasteiger partial charge in [-0.25, -0.2) is 17.2 Å². The fraction of sp³-hybridized carbons (Fsp3) is 0.800. The van der Waals surface area contributed by atoms with Crippen LogP contribution in [0.15, 0.2) is 0 Å². The van der Waals surface area contributed by atoms with Crippen molar-refractivity contribution in [2.75, 3.05) is 0 Å². The third-order valence-electron chi connectivity index (χ3n) is 6.37. The Morgan fingerprint density at radius 3 is 2.12 bits per heavy atom. The van der Waals surface area contributed by atoms with Crippen molar-refractivity contribution < 1.29 is 45.6 Å². The van der Waals surface area contributed by atoms with Gasteiger partial charge < -0.3 is 18.9 Å². The number of carbonyl (C=O) groups is 3. The monoisotopic (exact) mass is 746 g/mol. The number of fused-ring (bicyclic) bond motifs is 1. The first-order valence-corrected chi connectivity index (χ1v) is 11.6. The molecule has 3 fully saturated rings. The van der Waals surface area contributed by atoms with Crippen molar-refractivity contribution in [1.82, 2.24) is 4.90 Å². The van der Waals surface area contributed by atoms with Gasteiger partial charge in [-0.15, -0.1) is 0 Å². The molecule has 6 unspecified atom stereocenters. The molecular weight excluding hydrogens is 719 g/mol. The van der Waals surface area contributed by atoms with E-state index >= 15 is 0 Å². The quantitative estimate of drug-likeness (QED) is 0.236. The summed E-state index contributed by atoms with van der Waals surface area (Å²) in [6, 6.07) is -0.472. The van der Waals surface area contributed by atoms with Gasteiger partial charge in [-0.3, -0.25) is 14.4 Å². The average molecular weight is 746 g/mol. The summed E-state index contributed by atoms with van der Waals surface area (Å²) in [6.45, 7) is 9.74. The van der Waals surface area contributed by atoms with Gasteiger partial charge in [-0.2, -0.15) is 0 Å². The van der Waals surface area contributed by atoms with E-state index in [0.29, 0.717) is 6.42 Å². The first kappa shape index (κ1) is 26.4. The maximum absolute atomic E-state index is 13.5. The molecule has 13 heteroatoms. The number of hydrogen-bond acceptors (Lipinski definition) is 8. The molecule has 2 saturated carbocycles. The first-order chi connectivity index (χ1) is 14.3. The molecular formula is C20H27F2NO8RfS-2. The zero-order chi connectivity index (χ0) is 24.6. The molecule has 184 valence electrons. The minimum Gasteiger partial charge on any atom is -0.746 e. The van der Waals surface area contributed by atoms with E-state index in [-0.39, 0.29) is 11.8 Å². The number of likely N-dealkylation sites (tertiary alicyclic amines) is 1. The number of alkyl halides is 2. The summed E-state index contributed by atoms with van der Waals surface area (Å²) in [6.07, 6.45) is -0.513. The van der Waals surface area contributed by atoms with Crippen molar-refractivity contribution in [3.8, 4) is 0 Å². The van der Waals surface area contributed by atoms with Crippen molar-refractivity contribution >= 4 is 28.0 Å². The van der Waals surface area contributed by atoms with Crippen LogP contribution in [-0.4, -0.2) is 58.7 Å². The second kappa shape index (κ2) is 7.61. The normalized spacial score (nSPS) is 31.4. The van der Waals surface area contributed by atoms with E-state index in [4.69, 9.17) is 4.74 Å². The second-order valence-corrected chi connectivity index (χ2v) is 12.1. The van der Waals surface area contributed by atoms with Crippen LogP contribution in [0.5, 0.6) is 0 Å². The van der Waals surface area contributed by atoms with Gasteiger partial charge in [0.1, 0.15) is 16.2 Å². The first-order valence-electron chi connectivity index (χ1n) is 10.2. The van der Waals surface area contributed by atoms with E-state index in [9.17, 15) is 36.1 Å². The van der Waals surface area contributed by atoms with Crippen molar-refractivity contribution in [2.45, 2.75) is 70.9 Å². The largest absolute Gasteiger partial charge is 0.746 e. The number of ether oxygens (including phenoxy) is 2. The molecule has 0 spiro atoms. The van der Waals surface area contributed by atoms with Gasteiger partial charge in [-0.05, 0) is 53.9 Å². The summed E-state index contributed by atoms with van der Waals surface area (Å²) in [7, 11) is -6.09. The van der Waals surface area contributed by atoms with Crippen molar-refractivity contribution in [3.05, 3.63) is 6.61 Å². The molecule has 0 aromatic heterocycles. The van der Waals surface area contributed by atoms with Crippen LogP contribution >= 0.6 is 0 Å². The Morgan fingerprint density at radius 2 is 1.67 bits per heavy atom. The number of esters is 2. The van der Waals surface area contributed by atoms with Gasteiger partial charge in [-0.1, -0.05) is 6.61 Å². The van der Waals surface area contributed by atoms with Crippen LogP contribution in [0.2, 0.25) is 0 Å². The number of nitrogens with zero attached hydrogens (tertiary/aromatic N) is 1. The van der Waals surface area contributed by atoms with Crippen LogP contribution in [0, 0.1) is 35.7 Å². The molecule has 0 aromatic rings. The van der Waals surface area contributed by atoms with E-state index in [1.165, 1.54) is 0 Å². The van der Waals surface area contributed by atoms with E-state index in [0.717, 1.165) is 0 Å². The van der Waals surface area contributed by atoms with Crippen LogP contribution in [0.1, 0.15) is 48.0 Å². The molecule has 6 atom stereocenters. The standard InChI is InChI=1S/C20H28F2NO8S.Rf/c1-18(2,3)17(26)31-14-10-7-9-11(15(24)23(13(9)14)19(4,5)6)12(10)16(25)30-8-20(21,22)32(27,28)29;/h8-14H,7H2,1-6H3,(H,27,28,29);/q-1;/p-1. The molecule has 3 aliphatic rings. The Kier molecular flexibility index (Phi) is 6.10. The number of rotatable bonds is 5. The van der Waals surface area contributed by atoms with E-state index < -0.39 is 74.8 Å². The molecule has 1 saturated heterocycles. The molecule has 1 heterocycles. The van der Waals surface area contributed by atoms with Gasteiger partial charge in [0.05, 0.1) is 23.3 Å². The zero-order valence-corrected chi connectivity index (χ0v) is 26.5. The Labute approximate surface area is 185 Å². The van der Waals surface area contributed by atoms with Gasteiger partial charge >= 0.3 is 5.97 Å². The van der Waals surface area contributed by atoms with Crippen molar-refractivity contribution in [3.63, 3.8) is 0 Å². The van der Waals surface area contributed by atoms with Gasteiger partial charge in [0.15, 0.2) is 0 Å². The molecule has 1 amide bonds. The Morgan fingerprint density at radius 1 is 1.12 bits per heavy atom. The molecule has 2 aliphatic carbocycles. The Bertz CT molecular complexity index is 943. The summed E-state index contributed by atoms with van der Waals surface area (Å²) in [5.74, 6) is -5.29. The minimum atomic E-state index is -6.09. The maximum atomic E-state index is 13.5. The number of halogens is 2. The molecule has 3 rings (SSSR count). The van der Waals surface area contributed by atoms with Crippen LogP contribution in [-0.2, 0) is 34.0 Å². The van der Waals surface area contributed by atoms with E-state index in [2.05, 4.69) is 4.74 Å². The number of amides is 1. The third-order valence-corrected chi connectivity index (χ3v) is 7.13. The van der Waals surface area contributed by atoms with Gasteiger partial charge in [0, 0.05) is 11.5 Å². The SMILES string of the molecule is CC(C)(C)C(=O)OC1C2CC3C(C(=O)N(C(C)(C)C)C31)C2C(=O)O[CH-]C(F)(F)S(=O)(=O)[O-].[Rf]. The average Bonchev–Trinajstić information content (AvgIpc) is 3.19. The minimum absolute atomic E-state index is 0. The molecule has 9 nitrogen and oxygen atoms in total. The molecule has 2 bridgehead atoms. The smallest absolute Gasteiger partial charge is 0.311 e. The fourth-order valence-electron chi connectivity index (χ4n) is 5.13. The van der Waals surface area contributed by atoms with Crippen LogP contribution < -0.4 is 0 Å². The predicted molar refractivity (Wildman–Crippen MR) is 103 cm³/mol. The van der Waals surface area contributed by atoms with Gasteiger partial charge in [0.2, 0.25) is 5.91 Å². The second-order valence-electron chi connectivity index (χ2n) is 10.7. The zero-order valence-electron chi connectivity index (χ0n) is 19.3. The van der Waals surface area contributed by atoms with Gasteiger partial charge in [0.25, 0.3) is 11.2 Å². The third kappa shape index (κ3) is 4.14. The van der Waals surface area contributed by atoms with Crippen LogP contribution in [0.4, 0.5) is 8.78 Å². The van der Waals surface area contributed by atoms with Crippen molar-refractivity contribution in [2.24, 2.45) is 29.1 Å². The topological polar surface area (TPSA) is 130 Å². The Balaban J connectivity index is 0.00000385. The molecule has 1 aliphatic heterocycles. The molecule has 0 radical (unpaired) electrons. The van der Waals surface area contributed by atoms with E-state index in [1.807, 2.05) is 0 Å². The molecule has 33 heavy (non-hydrogen) atoms. The summed E-state index contributed by atoms with van der Waals surface area (Å²) in [4.78, 5) is 40.2. The Hall–Kier alpha value is -2.82. The van der Waals surface area contributed by atoms with E-state index in [1.54, 1.807) is 46.4 Å². The predicted octanol–water partition coefficient (Wildman–Crippen LogP) is 1.68. The summed E-state index contributed by atoms with van der Waals surface area (Å²) < 4.78 is 69.1. The summed E-state index contributed by atoms with van der Waals surface area (Å²) in [5.41, 5.74) is -1.52. The summed E-state index contributed by atoms with van der Waals surface area (Å²) >= 11 is 0.